The average Bonchev–Trinajstić information content (AvgIpc) is 3.06. The third kappa shape index (κ3) is 5.19. The van der Waals surface area contributed by atoms with Gasteiger partial charge in [-0.25, -0.2) is 0 Å². The lowest BCUT2D eigenvalue weighted by atomic mass is 10.2. The second-order valence-corrected chi connectivity index (χ2v) is 6.15. The Kier molecular flexibility index (Phi) is 6.31. The number of nitrogens with zero attached hydrogens (tertiary/aromatic N) is 1. The monoisotopic (exact) mass is 332 g/mol. The average molecular weight is 332 g/mol. The minimum Gasteiger partial charge on any atom is -0.383 e. The van der Waals surface area contributed by atoms with Gasteiger partial charge in [-0.2, -0.15) is 0 Å². The Morgan fingerprint density at radius 1 is 1.22 bits per heavy atom. The van der Waals surface area contributed by atoms with Crippen LogP contribution < -0.4 is 5.32 Å². The SMILES string of the molecule is COCCN(Cc1cccs1)C(=O)C(=O)Nc1ccc(C)cc1. The van der Waals surface area contributed by atoms with Crippen LogP contribution in [0.15, 0.2) is 41.8 Å². The maximum Gasteiger partial charge on any atom is 0.313 e. The van der Waals surface area contributed by atoms with Crippen molar-refractivity contribution in [3.8, 4) is 0 Å². The topological polar surface area (TPSA) is 58.6 Å². The molecule has 1 aromatic carbocycles. The molecular formula is C17H20N2O3S. The number of hydrogen-bond acceptors (Lipinski definition) is 4. The zero-order valence-electron chi connectivity index (χ0n) is 13.2. The quantitative estimate of drug-likeness (QED) is 0.828. The highest BCUT2D eigenvalue weighted by atomic mass is 32.1. The molecule has 122 valence electrons. The molecule has 0 fully saturated rings. The van der Waals surface area contributed by atoms with E-state index < -0.39 is 11.8 Å². The first-order valence-corrected chi connectivity index (χ1v) is 8.16. The van der Waals surface area contributed by atoms with E-state index in [1.165, 1.54) is 4.90 Å². The van der Waals surface area contributed by atoms with Crippen LogP contribution in [0, 0.1) is 6.92 Å². The highest BCUT2D eigenvalue weighted by Gasteiger charge is 2.22. The molecule has 6 heteroatoms. The molecule has 0 saturated carbocycles. The zero-order chi connectivity index (χ0) is 16.7. The van der Waals surface area contributed by atoms with Crippen LogP contribution >= 0.6 is 11.3 Å². The van der Waals surface area contributed by atoms with Crippen LogP contribution in [0.3, 0.4) is 0 Å². The molecule has 0 saturated heterocycles. The molecule has 1 heterocycles. The summed E-state index contributed by atoms with van der Waals surface area (Å²) in [5.41, 5.74) is 1.70. The minimum atomic E-state index is -0.637. The number of ether oxygens (including phenoxy) is 1. The van der Waals surface area contributed by atoms with Crippen molar-refractivity contribution in [3.05, 3.63) is 52.2 Å². The van der Waals surface area contributed by atoms with Crippen molar-refractivity contribution in [1.29, 1.82) is 0 Å². The Balaban J connectivity index is 2.02. The Bertz CT molecular complexity index is 638. The van der Waals surface area contributed by atoms with Crippen LogP contribution in [0.4, 0.5) is 5.69 Å². The van der Waals surface area contributed by atoms with E-state index in [-0.39, 0.29) is 0 Å². The maximum absolute atomic E-state index is 12.4. The molecule has 0 radical (unpaired) electrons. The number of nitrogens with one attached hydrogen (secondary N) is 1. The summed E-state index contributed by atoms with van der Waals surface area (Å²) >= 11 is 1.55. The smallest absolute Gasteiger partial charge is 0.313 e. The van der Waals surface area contributed by atoms with Crippen LogP contribution in [-0.4, -0.2) is 37.0 Å². The van der Waals surface area contributed by atoms with E-state index in [1.54, 1.807) is 30.6 Å². The van der Waals surface area contributed by atoms with E-state index in [2.05, 4.69) is 5.32 Å². The van der Waals surface area contributed by atoms with E-state index in [4.69, 9.17) is 4.74 Å². The van der Waals surface area contributed by atoms with Gasteiger partial charge in [-0.05, 0) is 30.5 Å². The molecule has 5 nitrogen and oxygen atoms in total. The fourth-order valence-corrected chi connectivity index (χ4v) is 2.73. The number of carbonyl (C=O) groups excluding carboxylic acids is 2. The number of rotatable bonds is 6. The Morgan fingerprint density at radius 2 is 1.96 bits per heavy atom. The Labute approximate surface area is 139 Å². The predicted molar refractivity (Wildman–Crippen MR) is 91.4 cm³/mol. The van der Waals surface area contributed by atoms with Crippen molar-refractivity contribution >= 4 is 28.8 Å². The second kappa shape index (κ2) is 8.45. The van der Waals surface area contributed by atoms with E-state index in [9.17, 15) is 9.59 Å². The van der Waals surface area contributed by atoms with Crippen LogP contribution in [0.2, 0.25) is 0 Å². The number of amides is 2. The molecule has 0 aliphatic carbocycles. The van der Waals surface area contributed by atoms with Gasteiger partial charge in [0, 0.05) is 24.2 Å². The van der Waals surface area contributed by atoms with Crippen molar-refractivity contribution in [2.45, 2.75) is 13.5 Å². The molecule has 0 unspecified atom stereocenters. The Hall–Kier alpha value is -2.18. The van der Waals surface area contributed by atoms with Crippen LogP contribution in [-0.2, 0) is 20.9 Å². The standard InChI is InChI=1S/C17H20N2O3S/c1-13-5-7-14(8-6-13)18-16(20)17(21)19(9-10-22-2)12-15-4-3-11-23-15/h3-8,11H,9-10,12H2,1-2H3,(H,18,20). The number of aryl methyl sites for hydroxylation is 1. The highest BCUT2D eigenvalue weighted by Crippen LogP contribution is 2.13. The van der Waals surface area contributed by atoms with E-state index >= 15 is 0 Å². The van der Waals surface area contributed by atoms with Gasteiger partial charge in [0.05, 0.1) is 13.2 Å². The summed E-state index contributed by atoms with van der Waals surface area (Å²) < 4.78 is 5.03. The van der Waals surface area contributed by atoms with Crippen LogP contribution in [0.25, 0.3) is 0 Å². The van der Waals surface area contributed by atoms with Crippen molar-refractivity contribution < 1.29 is 14.3 Å². The fraction of sp³-hybridized carbons (Fsp3) is 0.294. The summed E-state index contributed by atoms with van der Waals surface area (Å²) in [6, 6.07) is 11.2. The van der Waals surface area contributed by atoms with Gasteiger partial charge in [0.1, 0.15) is 0 Å². The highest BCUT2D eigenvalue weighted by molar-refractivity contribution is 7.09. The summed E-state index contributed by atoms with van der Waals surface area (Å²) in [7, 11) is 1.57. The normalized spacial score (nSPS) is 10.3. The second-order valence-electron chi connectivity index (χ2n) is 5.12. The van der Waals surface area contributed by atoms with Crippen molar-refractivity contribution in [2.24, 2.45) is 0 Å². The number of carbonyl (C=O) groups is 2. The maximum atomic E-state index is 12.4. The number of thiophene rings is 1. The third-order valence-electron chi connectivity index (χ3n) is 3.28. The molecule has 0 spiro atoms. The van der Waals surface area contributed by atoms with Crippen molar-refractivity contribution in [3.63, 3.8) is 0 Å². The number of anilines is 1. The molecule has 1 N–H and O–H groups in total. The van der Waals surface area contributed by atoms with Gasteiger partial charge in [0.25, 0.3) is 0 Å². The first-order chi connectivity index (χ1) is 11.1. The first-order valence-electron chi connectivity index (χ1n) is 7.28. The lowest BCUT2D eigenvalue weighted by Crippen LogP contribution is -2.40. The first kappa shape index (κ1) is 17.2. The largest absolute Gasteiger partial charge is 0.383 e. The fourth-order valence-electron chi connectivity index (χ4n) is 2.01. The van der Waals surface area contributed by atoms with Crippen LogP contribution in [0.1, 0.15) is 10.4 Å². The van der Waals surface area contributed by atoms with Crippen molar-refractivity contribution in [2.75, 3.05) is 25.6 Å². The number of hydrogen-bond donors (Lipinski definition) is 1. The van der Waals surface area contributed by atoms with Gasteiger partial charge in [-0.1, -0.05) is 23.8 Å². The molecular weight excluding hydrogens is 312 g/mol. The van der Waals surface area contributed by atoms with Gasteiger partial charge in [0.15, 0.2) is 0 Å². The molecule has 0 atom stereocenters. The lowest BCUT2D eigenvalue weighted by molar-refractivity contribution is -0.144. The summed E-state index contributed by atoms with van der Waals surface area (Å²) in [6.45, 7) is 3.12. The van der Waals surface area contributed by atoms with E-state index in [0.717, 1.165) is 10.4 Å². The summed E-state index contributed by atoms with van der Waals surface area (Å²) in [5, 5.41) is 4.58. The number of methoxy groups -OCH3 is 1. The van der Waals surface area contributed by atoms with Gasteiger partial charge >= 0.3 is 11.8 Å². The predicted octanol–water partition coefficient (Wildman–Crippen LogP) is 2.67. The summed E-state index contributed by atoms with van der Waals surface area (Å²) in [6.07, 6.45) is 0. The lowest BCUT2D eigenvalue weighted by Gasteiger charge is -2.21. The minimum absolute atomic E-state index is 0.370. The van der Waals surface area contributed by atoms with Gasteiger partial charge in [-0.3, -0.25) is 9.59 Å². The molecule has 1 aromatic heterocycles. The molecule has 0 bridgehead atoms. The van der Waals surface area contributed by atoms with Gasteiger partial charge in [0.2, 0.25) is 0 Å². The van der Waals surface area contributed by atoms with E-state index in [1.807, 2.05) is 36.6 Å². The third-order valence-corrected chi connectivity index (χ3v) is 4.14. The van der Waals surface area contributed by atoms with Crippen molar-refractivity contribution in [1.82, 2.24) is 4.90 Å². The summed E-state index contributed by atoms with van der Waals surface area (Å²) in [4.78, 5) is 27.1. The molecule has 2 aromatic rings. The van der Waals surface area contributed by atoms with Gasteiger partial charge < -0.3 is 15.0 Å². The zero-order valence-corrected chi connectivity index (χ0v) is 14.1. The molecule has 2 rings (SSSR count). The van der Waals surface area contributed by atoms with E-state index in [0.29, 0.717) is 25.4 Å². The van der Waals surface area contributed by atoms with Crippen LogP contribution in [0.5, 0.6) is 0 Å². The molecule has 23 heavy (non-hydrogen) atoms. The van der Waals surface area contributed by atoms with Gasteiger partial charge in [-0.15, -0.1) is 11.3 Å². The number of benzene rings is 1. The molecule has 0 aliphatic heterocycles. The molecule has 0 aliphatic rings. The molecule has 2 amide bonds. The Morgan fingerprint density at radius 3 is 2.57 bits per heavy atom. The summed E-state index contributed by atoms with van der Waals surface area (Å²) in [5.74, 6) is -1.20.